The fourth-order valence-electron chi connectivity index (χ4n) is 3.62. The minimum atomic E-state index is -0.666. The second-order valence-corrected chi connectivity index (χ2v) is 8.77. The number of hydrogen-bond acceptors (Lipinski definition) is 6. The number of carbonyl (C=O) groups is 3. The summed E-state index contributed by atoms with van der Waals surface area (Å²) in [5, 5.41) is 8.51. The van der Waals surface area contributed by atoms with Crippen LogP contribution in [-0.4, -0.2) is 46.4 Å². The number of hydrogen-bond donors (Lipinski definition) is 2. The molecule has 0 aromatic carbocycles. The molecular weight excluding hydrogens is 384 g/mol. The Labute approximate surface area is 164 Å². The van der Waals surface area contributed by atoms with Crippen molar-refractivity contribution in [1.29, 1.82) is 0 Å². The van der Waals surface area contributed by atoms with Gasteiger partial charge in [0.05, 0.1) is 11.1 Å². The monoisotopic (exact) mass is 404 g/mol. The average Bonchev–Trinajstić information content (AvgIpc) is 3.42. The molecule has 0 atom stereocenters. The van der Waals surface area contributed by atoms with Crippen molar-refractivity contribution in [2.75, 3.05) is 13.1 Å². The van der Waals surface area contributed by atoms with Crippen molar-refractivity contribution in [1.82, 2.24) is 20.5 Å². The number of nitrogens with one attached hydrogen (secondary N) is 2. The van der Waals surface area contributed by atoms with E-state index >= 15 is 0 Å². The lowest BCUT2D eigenvalue weighted by atomic mass is 9.98. The van der Waals surface area contributed by atoms with Gasteiger partial charge in [-0.05, 0) is 30.7 Å². The van der Waals surface area contributed by atoms with Crippen molar-refractivity contribution in [3.63, 3.8) is 0 Å². The van der Waals surface area contributed by atoms with Crippen LogP contribution in [0.25, 0.3) is 9.88 Å². The molecule has 7 nitrogen and oxygen atoms in total. The van der Waals surface area contributed by atoms with Gasteiger partial charge in [-0.1, -0.05) is 18.9 Å². The molecule has 0 bridgehead atoms. The highest BCUT2D eigenvalue weighted by Crippen LogP contribution is 2.35. The molecule has 2 aromatic rings. The van der Waals surface area contributed by atoms with Crippen LogP contribution in [0.2, 0.25) is 0 Å². The lowest BCUT2D eigenvalue weighted by Crippen LogP contribution is -2.44. The number of nitrogens with zero attached hydrogens (tertiary/aromatic N) is 2. The summed E-state index contributed by atoms with van der Waals surface area (Å²) in [5.41, 5.74) is -0.666. The van der Waals surface area contributed by atoms with E-state index in [4.69, 9.17) is 0 Å². The molecule has 1 aliphatic heterocycles. The molecule has 2 N–H and O–H groups in total. The Balaban J connectivity index is 1.26. The van der Waals surface area contributed by atoms with Crippen LogP contribution in [0, 0.1) is 0 Å². The molecule has 27 heavy (non-hydrogen) atoms. The Morgan fingerprint density at radius 3 is 2.89 bits per heavy atom. The van der Waals surface area contributed by atoms with E-state index < -0.39 is 5.54 Å². The van der Waals surface area contributed by atoms with Gasteiger partial charge >= 0.3 is 6.03 Å². The van der Waals surface area contributed by atoms with E-state index in [2.05, 4.69) is 15.6 Å². The molecule has 2 aliphatic rings. The molecule has 2 aromatic heterocycles. The van der Waals surface area contributed by atoms with Crippen molar-refractivity contribution >= 4 is 40.5 Å². The third-order valence-electron chi connectivity index (χ3n) is 5.01. The molecule has 4 rings (SSSR count). The van der Waals surface area contributed by atoms with Crippen LogP contribution in [0.5, 0.6) is 0 Å². The number of urea groups is 1. The first kappa shape index (κ1) is 18.1. The predicted octanol–water partition coefficient (Wildman–Crippen LogP) is 2.86. The summed E-state index contributed by atoms with van der Waals surface area (Å²) in [6.45, 7) is 0.713. The smallest absolute Gasteiger partial charge is 0.325 e. The molecule has 9 heteroatoms. The Hall–Kier alpha value is -2.26. The second kappa shape index (κ2) is 7.40. The zero-order valence-electron chi connectivity index (χ0n) is 14.7. The quantitative estimate of drug-likeness (QED) is 0.572. The summed E-state index contributed by atoms with van der Waals surface area (Å²) in [5.74, 6) is -0.292. The molecule has 0 radical (unpaired) electrons. The molecule has 2 fully saturated rings. The van der Waals surface area contributed by atoms with Crippen LogP contribution in [0.4, 0.5) is 4.79 Å². The van der Waals surface area contributed by atoms with Gasteiger partial charge in [-0.3, -0.25) is 14.5 Å². The Kier molecular flexibility index (Phi) is 4.96. The van der Waals surface area contributed by atoms with Gasteiger partial charge in [0.1, 0.15) is 15.4 Å². The molecule has 4 amide bonds. The lowest BCUT2D eigenvalue weighted by Gasteiger charge is -2.20. The fourth-order valence-corrected chi connectivity index (χ4v) is 5.25. The summed E-state index contributed by atoms with van der Waals surface area (Å²) in [7, 11) is 0. The first-order valence-corrected chi connectivity index (χ1v) is 10.7. The van der Waals surface area contributed by atoms with E-state index in [0.717, 1.165) is 35.6 Å². The molecule has 0 unspecified atom stereocenters. The summed E-state index contributed by atoms with van der Waals surface area (Å²) in [6.07, 6.45) is 5.50. The zero-order valence-corrected chi connectivity index (χ0v) is 16.3. The van der Waals surface area contributed by atoms with Crippen molar-refractivity contribution in [2.24, 2.45) is 0 Å². The van der Waals surface area contributed by atoms with E-state index in [1.165, 1.54) is 16.2 Å². The SMILES string of the molecule is O=C(NCCCN1C(=O)NC2(CCCC2)C1=O)c1cnc(-c2cccs2)s1. The summed E-state index contributed by atoms with van der Waals surface area (Å²) in [4.78, 5) is 44.1. The Bertz CT molecular complexity index is 856. The van der Waals surface area contributed by atoms with E-state index in [0.29, 0.717) is 24.4 Å². The van der Waals surface area contributed by atoms with E-state index in [9.17, 15) is 14.4 Å². The van der Waals surface area contributed by atoms with Crippen LogP contribution >= 0.6 is 22.7 Å². The highest BCUT2D eigenvalue weighted by molar-refractivity contribution is 7.21. The first-order chi connectivity index (χ1) is 13.1. The van der Waals surface area contributed by atoms with Gasteiger partial charge in [0.15, 0.2) is 0 Å². The largest absolute Gasteiger partial charge is 0.351 e. The number of imide groups is 1. The summed E-state index contributed by atoms with van der Waals surface area (Å²) in [6, 6.07) is 3.61. The molecule has 142 valence electrons. The zero-order chi connectivity index (χ0) is 18.9. The normalized spacial score (nSPS) is 18.3. The molecule has 1 aliphatic carbocycles. The van der Waals surface area contributed by atoms with Gasteiger partial charge in [0, 0.05) is 13.1 Å². The van der Waals surface area contributed by atoms with E-state index in [-0.39, 0.29) is 17.8 Å². The first-order valence-electron chi connectivity index (χ1n) is 9.01. The second-order valence-electron chi connectivity index (χ2n) is 6.79. The molecular formula is C18H20N4O3S2. The summed E-state index contributed by atoms with van der Waals surface area (Å²) >= 11 is 2.94. The predicted molar refractivity (Wildman–Crippen MR) is 104 cm³/mol. The van der Waals surface area contributed by atoms with Gasteiger partial charge < -0.3 is 10.6 Å². The van der Waals surface area contributed by atoms with Crippen molar-refractivity contribution in [2.45, 2.75) is 37.6 Å². The molecule has 1 spiro atoms. The lowest BCUT2D eigenvalue weighted by molar-refractivity contribution is -0.131. The molecule has 3 heterocycles. The number of rotatable bonds is 6. The minimum Gasteiger partial charge on any atom is -0.351 e. The third-order valence-corrected chi connectivity index (χ3v) is 7.04. The minimum absolute atomic E-state index is 0.112. The van der Waals surface area contributed by atoms with E-state index in [1.54, 1.807) is 17.5 Å². The van der Waals surface area contributed by atoms with Crippen LogP contribution < -0.4 is 10.6 Å². The topological polar surface area (TPSA) is 91.4 Å². The number of amides is 4. The summed E-state index contributed by atoms with van der Waals surface area (Å²) < 4.78 is 0. The van der Waals surface area contributed by atoms with Gasteiger partial charge in [-0.25, -0.2) is 9.78 Å². The third kappa shape index (κ3) is 3.49. The maximum absolute atomic E-state index is 12.6. The van der Waals surface area contributed by atoms with Crippen molar-refractivity contribution in [3.8, 4) is 9.88 Å². The molecule has 1 saturated carbocycles. The highest BCUT2D eigenvalue weighted by Gasteiger charge is 2.51. The van der Waals surface area contributed by atoms with Gasteiger partial charge in [0.25, 0.3) is 11.8 Å². The van der Waals surface area contributed by atoms with Gasteiger partial charge in [0.2, 0.25) is 0 Å². The number of aromatic nitrogens is 1. The van der Waals surface area contributed by atoms with Crippen LogP contribution in [0.3, 0.4) is 0 Å². The van der Waals surface area contributed by atoms with Gasteiger partial charge in [-0.15, -0.1) is 22.7 Å². The van der Waals surface area contributed by atoms with Crippen LogP contribution in [0.1, 0.15) is 41.8 Å². The van der Waals surface area contributed by atoms with Crippen LogP contribution in [0.15, 0.2) is 23.7 Å². The highest BCUT2D eigenvalue weighted by atomic mass is 32.1. The van der Waals surface area contributed by atoms with E-state index in [1.807, 2.05) is 17.5 Å². The number of carbonyl (C=O) groups excluding carboxylic acids is 3. The maximum Gasteiger partial charge on any atom is 0.325 e. The molecule has 1 saturated heterocycles. The van der Waals surface area contributed by atoms with Gasteiger partial charge in [-0.2, -0.15) is 0 Å². The fraction of sp³-hybridized carbons (Fsp3) is 0.444. The Morgan fingerprint density at radius 1 is 1.33 bits per heavy atom. The van der Waals surface area contributed by atoms with Crippen molar-refractivity contribution < 1.29 is 14.4 Å². The Morgan fingerprint density at radius 2 is 2.15 bits per heavy atom. The average molecular weight is 405 g/mol. The standard InChI is InChI=1S/C18H20N4O3S2/c23-14(13-11-20-15(27-13)12-5-3-10-26-12)19-8-4-9-22-16(24)18(21-17(22)25)6-1-2-7-18/h3,5,10-11H,1-2,4,6-9H2,(H,19,23)(H,21,25). The number of thiazole rings is 1. The number of thiophene rings is 1. The maximum atomic E-state index is 12.6. The van der Waals surface area contributed by atoms with Crippen LogP contribution in [-0.2, 0) is 4.79 Å². The van der Waals surface area contributed by atoms with Crippen molar-refractivity contribution in [3.05, 3.63) is 28.6 Å².